The van der Waals surface area contributed by atoms with E-state index >= 15 is 0 Å². The van der Waals surface area contributed by atoms with Crippen molar-refractivity contribution in [3.63, 3.8) is 0 Å². The van der Waals surface area contributed by atoms with Crippen LogP contribution in [0.4, 0.5) is 5.69 Å². The van der Waals surface area contributed by atoms with Crippen molar-refractivity contribution in [2.45, 2.75) is 78.0 Å². The molecule has 1 atom stereocenters. The maximum Gasteiger partial charge on any atom is 0.339 e. The lowest BCUT2D eigenvalue weighted by atomic mass is 9.83. The van der Waals surface area contributed by atoms with Crippen LogP contribution < -0.4 is 0 Å². The monoisotopic (exact) mass is 518 g/mol. The Morgan fingerprint density at radius 2 is 1.75 bits per heavy atom. The first-order valence-electron chi connectivity index (χ1n) is 11.9. The van der Waals surface area contributed by atoms with Gasteiger partial charge < -0.3 is 9.47 Å². The lowest BCUT2D eigenvalue weighted by molar-refractivity contribution is -0.387. The zero-order valence-corrected chi connectivity index (χ0v) is 22.7. The molecular formula is C26H34N2O7S. The van der Waals surface area contributed by atoms with Gasteiger partial charge in [0.25, 0.3) is 5.69 Å². The summed E-state index contributed by atoms with van der Waals surface area (Å²) in [6.45, 7) is 13.6. The third-order valence-corrected chi connectivity index (χ3v) is 8.39. The van der Waals surface area contributed by atoms with Crippen molar-refractivity contribution in [2.24, 2.45) is 0 Å². The number of benzene rings is 2. The lowest BCUT2D eigenvalue weighted by Gasteiger charge is -2.34. The van der Waals surface area contributed by atoms with Crippen molar-refractivity contribution in [1.29, 1.82) is 0 Å². The standard InChI is InChI=1S/C26H34N2O7S/c1-8-34-25(29)24(35-26(5,6)7)23-17(3)16(2)20-15-27(14-13-19(20)18(23)4)36(32,33)22-12-10-9-11-21(22)28(30)31/h9-12,24H,8,13-15H2,1-7H3/t24-/m0/s1. The highest BCUT2D eigenvalue weighted by Crippen LogP contribution is 2.39. The second-order valence-electron chi connectivity index (χ2n) is 9.92. The summed E-state index contributed by atoms with van der Waals surface area (Å²) in [4.78, 5) is 23.4. The van der Waals surface area contributed by atoms with Gasteiger partial charge in [-0.3, -0.25) is 10.1 Å². The predicted octanol–water partition coefficient (Wildman–Crippen LogP) is 4.69. The minimum absolute atomic E-state index is 0.0850. The molecule has 0 spiro atoms. The molecule has 10 heteroatoms. The van der Waals surface area contributed by atoms with Gasteiger partial charge in [0, 0.05) is 19.2 Å². The van der Waals surface area contributed by atoms with E-state index in [2.05, 4.69) is 0 Å². The second-order valence-corrected chi connectivity index (χ2v) is 11.8. The Balaban J connectivity index is 2.09. The van der Waals surface area contributed by atoms with Crippen LogP contribution in [0.5, 0.6) is 0 Å². The van der Waals surface area contributed by atoms with Crippen molar-refractivity contribution >= 4 is 21.7 Å². The van der Waals surface area contributed by atoms with Crippen LogP contribution >= 0.6 is 0 Å². The van der Waals surface area contributed by atoms with Crippen molar-refractivity contribution in [2.75, 3.05) is 13.2 Å². The van der Waals surface area contributed by atoms with Gasteiger partial charge in [0.1, 0.15) is 0 Å². The van der Waals surface area contributed by atoms with Gasteiger partial charge in [-0.1, -0.05) is 12.1 Å². The molecule has 0 aromatic heterocycles. The number of para-hydroxylation sites is 1. The number of sulfonamides is 1. The van der Waals surface area contributed by atoms with Gasteiger partial charge in [0.05, 0.1) is 17.1 Å². The van der Waals surface area contributed by atoms with Gasteiger partial charge in [-0.15, -0.1) is 0 Å². The maximum atomic E-state index is 13.4. The van der Waals surface area contributed by atoms with Crippen LogP contribution in [0, 0.1) is 30.9 Å². The second kappa shape index (κ2) is 10.3. The highest BCUT2D eigenvalue weighted by atomic mass is 32.2. The number of hydrogen-bond acceptors (Lipinski definition) is 7. The largest absolute Gasteiger partial charge is 0.464 e. The fourth-order valence-electron chi connectivity index (χ4n) is 4.73. The molecule has 1 aliphatic heterocycles. The van der Waals surface area contributed by atoms with Crippen LogP contribution in [0.1, 0.15) is 67.2 Å². The van der Waals surface area contributed by atoms with Crippen LogP contribution in [0.2, 0.25) is 0 Å². The van der Waals surface area contributed by atoms with Crippen LogP contribution in [0.25, 0.3) is 0 Å². The highest BCUT2D eigenvalue weighted by molar-refractivity contribution is 7.89. The van der Waals surface area contributed by atoms with E-state index in [1.165, 1.54) is 28.6 Å². The lowest BCUT2D eigenvalue weighted by Crippen LogP contribution is -2.37. The van der Waals surface area contributed by atoms with Crippen molar-refractivity contribution < 1.29 is 27.6 Å². The van der Waals surface area contributed by atoms with Gasteiger partial charge >= 0.3 is 5.97 Å². The first kappa shape index (κ1) is 27.8. The maximum absolute atomic E-state index is 13.4. The van der Waals surface area contributed by atoms with E-state index in [0.29, 0.717) is 6.42 Å². The summed E-state index contributed by atoms with van der Waals surface area (Å²) in [6.07, 6.45) is -0.511. The molecule has 2 aromatic rings. The van der Waals surface area contributed by atoms with Gasteiger partial charge in [-0.2, -0.15) is 4.31 Å². The summed E-state index contributed by atoms with van der Waals surface area (Å²) in [6, 6.07) is 5.39. The van der Waals surface area contributed by atoms with Crippen LogP contribution in [0.3, 0.4) is 0 Å². The molecule has 0 amide bonds. The molecule has 0 bridgehead atoms. The van der Waals surface area contributed by atoms with E-state index in [1.807, 2.05) is 41.5 Å². The van der Waals surface area contributed by atoms with Crippen LogP contribution in [0.15, 0.2) is 29.2 Å². The zero-order valence-electron chi connectivity index (χ0n) is 21.9. The molecule has 0 saturated heterocycles. The van der Waals surface area contributed by atoms with Crippen molar-refractivity contribution in [3.8, 4) is 0 Å². The molecule has 0 saturated carbocycles. The quantitative estimate of drug-likeness (QED) is 0.297. The fraction of sp³-hybridized carbons (Fsp3) is 0.500. The molecule has 3 rings (SSSR count). The van der Waals surface area contributed by atoms with Crippen molar-refractivity contribution in [3.05, 3.63) is 67.8 Å². The summed E-state index contributed by atoms with van der Waals surface area (Å²) in [5.74, 6) is -0.464. The molecule has 0 N–H and O–H groups in total. The third-order valence-electron chi connectivity index (χ3n) is 6.50. The number of carbonyl (C=O) groups is 1. The van der Waals surface area contributed by atoms with Gasteiger partial charge in [-0.05, 0) is 94.3 Å². The van der Waals surface area contributed by atoms with Gasteiger partial charge in [0.2, 0.25) is 10.0 Å². The Kier molecular flexibility index (Phi) is 7.92. The van der Waals surface area contributed by atoms with E-state index in [0.717, 1.165) is 33.4 Å². The number of nitro benzene ring substituents is 1. The molecule has 0 unspecified atom stereocenters. The zero-order chi connectivity index (χ0) is 27.0. The first-order chi connectivity index (χ1) is 16.7. The molecule has 1 aliphatic rings. The summed E-state index contributed by atoms with van der Waals surface area (Å²) in [7, 11) is -4.10. The first-order valence-corrected chi connectivity index (χ1v) is 13.3. The number of nitro groups is 1. The highest BCUT2D eigenvalue weighted by Gasteiger charge is 2.37. The predicted molar refractivity (Wildman–Crippen MR) is 135 cm³/mol. The molecule has 1 heterocycles. The number of fused-ring (bicyclic) bond motifs is 1. The van der Waals surface area contributed by atoms with E-state index in [1.54, 1.807) is 6.92 Å². The number of rotatable bonds is 7. The summed E-state index contributed by atoms with van der Waals surface area (Å²) < 4.78 is 39.7. The van der Waals surface area contributed by atoms with Crippen LogP contribution in [-0.2, 0) is 37.3 Å². The van der Waals surface area contributed by atoms with E-state index in [4.69, 9.17) is 9.47 Å². The average Bonchev–Trinajstić information content (AvgIpc) is 2.81. The Bertz CT molecular complexity index is 1300. The summed E-state index contributed by atoms with van der Waals surface area (Å²) >= 11 is 0. The number of ether oxygens (including phenoxy) is 2. The number of hydrogen-bond donors (Lipinski definition) is 0. The Morgan fingerprint density at radius 3 is 2.33 bits per heavy atom. The van der Waals surface area contributed by atoms with Gasteiger partial charge in [0.15, 0.2) is 11.0 Å². The minimum atomic E-state index is -4.10. The number of carbonyl (C=O) groups excluding carboxylic acids is 1. The Morgan fingerprint density at radius 1 is 1.11 bits per heavy atom. The molecule has 2 aromatic carbocycles. The molecule has 0 aliphatic carbocycles. The van der Waals surface area contributed by atoms with E-state index in [-0.39, 0.29) is 24.6 Å². The van der Waals surface area contributed by atoms with Crippen LogP contribution in [-0.4, -0.2) is 42.4 Å². The minimum Gasteiger partial charge on any atom is -0.464 e. The summed E-state index contributed by atoms with van der Waals surface area (Å²) in [5, 5.41) is 11.5. The van der Waals surface area contributed by atoms with Crippen molar-refractivity contribution in [1.82, 2.24) is 4.31 Å². The Hall–Kier alpha value is -2.82. The smallest absolute Gasteiger partial charge is 0.339 e. The number of esters is 1. The topological polar surface area (TPSA) is 116 Å². The molecule has 196 valence electrons. The Labute approximate surface area is 212 Å². The normalized spacial score (nSPS) is 15.3. The van der Waals surface area contributed by atoms with E-state index in [9.17, 15) is 23.3 Å². The third kappa shape index (κ3) is 5.30. The SMILES string of the molecule is CCOC(=O)[C@@H](OC(C)(C)C)c1c(C)c(C)c2c(c1C)CCN(S(=O)(=O)c1ccccc1[N+](=O)[O-])C2. The molecule has 0 radical (unpaired) electrons. The molecule has 9 nitrogen and oxygen atoms in total. The summed E-state index contributed by atoms with van der Waals surface area (Å²) in [5.41, 5.74) is 4.08. The molecule has 36 heavy (non-hydrogen) atoms. The van der Waals surface area contributed by atoms with E-state index < -0.39 is 38.3 Å². The molecule has 0 fully saturated rings. The fourth-order valence-corrected chi connectivity index (χ4v) is 6.30. The number of nitrogens with zero attached hydrogens (tertiary/aromatic N) is 2. The average molecular weight is 519 g/mol. The molecular weight excluding hydrogens is 484 g/mol. The van der Waals surface area contributed by atoms with Gasteiger partial charge in [-0.25, -0.2) is 13.2 Å².